The van der Waals surface area contributed by atoms with Crippen LogP contribution in [0.5, 0.6) is 5.75 Å². The van der Waals surface area contributed by atoms with Crippen LogP contribution < -0.4 is 4.74 Å². The van der Waals surface area contributed by atoms with E-state index in [1.54, 1.807) is 13.3 Å². The number of hydrogen-bond donors (Lipinski definition) is 1. The van der Waals surface area contributed by atoms with Crippen molar-refractivity contribution in [1.82, 2.24) is 15.4 Å². The summed E-state index contributed by atoms with van der Waals surface area (Å²) < 4.78 is 6.03. The van der Waals surface area contributed by atoms with Gasteiger partial charge in [-0.05, 0) is 34.1 Å². The predicted octanol–water partition coefficient (Wildman–Crippen LogP) is 2.24. The van der Waals surface area contributed by atoms with Gasteiger partial charge in [0.25, 0.3) is 0 Å². The van der Waals surface area contributed by atoms with Gasteiger partial charge in [-0.2, -0.15) is 15.4 Å². The lowest BCUT2D eigenvalue weighted by Crippen LogP contribution is -1.85. The molecule has 0 radical (unpaired) electrons. The number of nitrogens with zero attached hydrogens (tertiary/aromatic N) is 2. The van der Waals surface area contributed by atoms with Gasteiger partial charge in [-0.3, -0.25) is 0 Å². The quantitative estimate of drug-likeness (QED) is 0.894. The summed E-state index contributed by atoms with van der Waals surface area (Å²) in [6.45, 7) is 0. The fourth-order valence-corrected chi connectivity index (χ4v) is 1.72. The second kappa shape index (κ2) is 3.79. The molecule has 1 N–H and O–H groups in total. The van der Waals surface area contributed by atoms with Crippen molar-refractivity contribution in [2.75, 3.05) is 7.11 Å². The first-order chi connectivity index (χ1) is 6.81. The number of ether oxygens (including phenoxy) is 1. The zero-order valence-corrected chi connectivity index (χ0v) is 9.08. The van der Waals surface area contributed by atoms with E-state index in [0.717, 1.165) is 21.5 Å². The van der Waals surface area contributed by atoms with Gasteiger partial charge in [0, 0.05) is 10.0 Å². The van der Waals surface area contributed by atoms with E-state index in [1.807, 2.05) is 18.2 Å². The Bertz CT molecular complexity index is 428. The summed E-state index contributed by atoms with van der Waals surface area (Å²) in [7, 11) is 1.64. The Kier molecular flexibility index (Phi) is 2.49. The number of aromatic nitrogens is 3. The van der Waals surface area contributed by atoms with Crippen LogP contribution in [0.3, 0.4) is 0 Å². The van der Waals surface area contributed by atoms with Crippen LogP contribution in [0.4, 0.5) is 0 Å². The fraction of sp³-hybridized carbons (Fsp3) is 0.111. The summed E-state index contributed by atoms with van der Waals surface area (Å²) in [5, 5.41) is 10.3. The lowest BCUT2D eigenvalue weighted by Gasteiger charge is -2.03. The second-order valence-corrected chi connectivity index (χ2v) is 3.56. The van der Waals surface area contributed by atoms with Crippen molar-refractivity contribution < 1.29 is 4.74 Å². The molecule has 0 fully saturated rings. The molecule has 14 heavy (non-hydrogen) atoms. The van der Waals surface area contributed by atoms with E-state index in [4.69, 9.17) is 4.74 Å². The van der Waals surface area contributed by atoms with Crippen LogP contribution >= 0.6 is 15.9 Å². The lowest BCUT2D eigenvalue weighted by atomic mass is 10.2. The average Bonchev–Trinajstić information content (AvgIpc) is 2.70. The molecule has 2 aromatic rings. The standard InChI is InChI=1S/C9H8BrN3O/c1-14-6-2-3-7(8(10)4-6)9-5-11-13-12-9/h2-5H,1H3,(H,11,12,13). The number of halogens is 1. The second-order valence-electron chi connectivity index (χ2n) is 2.70. The number of H-pyrrole nitrogens is 1. The molecule has 0 unspecified atom stereocenters. The van der Waals surface area contributed by atoms with E-state index in [1.165, 1.54) is 0 Å². The van der Waals surface area contributed by atoms with E-state index >= 15 is 0 Å². The molecule has 1 heterocycles. The van der Waals surface area contributed by atoms with Crippen LogP contribution in [0.2, 0.25) is 0 Å². The zero-order chi connectivity index (χ0) is 9.97. The van der Waals surface area contributed by atoms with E-state index in [-0.39, 0.29) is 0 Å². The molecule has 4 nitrogen and oxygen atoms in total. The smallest absolute Gasteiger partial charge is 0.120 e. The summed E-state index contributed by atoms with van der Waals surface area (Å²) in [4.78, 5) is 0. The molecular weight excluding hydrogens is 246 g/mol. The molecular formula is C9H8BrN3O. The minimum Gasteiger partial charge on any atom is -0.497 e. The number of hydrogen-bond acceptors (Lipinski definition) is 3. The van der Waals surface area contributed by atoms with Crippen molar-refractivity contribution in [2.24, 2.45) is 0 Å². The van der Waals surface area contributed by atoms with Crippen molar-refractivity contribution in [2.45, 2.75) is 0 Å². The zero-order valence-electron chi connectivity index (χ0n) is 7.49. The van der Waals surface area contributed by atoms with Crippen molar-refractivity contribution in [3.8, 4) is 17.0 Å². The van der Waals surface area contributed by atoms with Gasteiger partial charge in [-0.1, -0.05) is 0 Å². The molecule has 0 bridgehead atoms. The molecule has 1 aromatic carbocycles. The third-order valence-electron chi connectivity index (χ3n) is 1.87. The Hall–Kier alpha value is -1.36. The number of methoxy groups -OCH3 is 1. The molecule has 5 heteroatoms. The largest absolute Gasteiger partial charge is 0.497 e. The molecule has 0 amide bonds. The molecule has 0 aliphatic rings. The Morgan fingerprint density at radius 2 is 2.29 bits per heavy atom. The first kappa shape index (κ1) is 9.21. The minimum atomic E-state index is 0.805. The molecule has 2 rings (SSSR count). The normalized spacial score (nSPS) is 10.1. The van der Waals surface area contributed by atoms with Gasteiger partial charge in [0.1, 0.15) is 11.4 Å². The maximum atomic E-state index is 5.09. The van der Waals surface area contributed by atoms with E-state index < -0.39 is 0 Å². The number of nitrogens with one attached hydrogen (secondary N) is 1. The van der Waals surface area contributed by atoms with Crippen LogP contribution in [-0.4, -0.2) is 22.5 Å². The predicted molar refractivity (Wildman–Crippen MR) is 56.1 cm³/mol. The molecule has 0 aliphatic heterocycles. The third kappa shape index (κ3) is 1.63. The van der Waals surface area contributed by atoms with Crippen LogP contribution in [0.25, 0.3) is 11.3 Å². The van der Waals surface area contributed by atoms with Gasteiger partial charge in [-0.25, -0.2) is 0 Å². The van der Waals surface area contributed by atoms with E-state index in [2.05, 4.69) is 31.3 Å². The fourth-order valence-electron chi connectivity index (χ4n) is 1.16. The van der Waals surface area contributed by atoms with Crippen LogP contribution in [-0.2, 0) is 0 Å². The lowest BCUT2D eigenvalue weighted by molar-refractivity contribution is 0.414. The van der Waals surface area contributed by atoms with Gasteiger partial charge < -0.3 is 4.74 Å². The average molecular weight is 254 g/mol. The minimum absolute atomic E-state index is 0.805. The highest BCUT2D eigenvalue weighted by atomic mass is 79.9. The third-order valence-corrected chi connectivity index (χ3v) is 2.52. The number of benzene rings is 1. The van der Waals surface area contributed by atoms with Gasteiger partial charge in [0.15, 0.2) is 0 Å². The highest BCUT2D eigenvalue weighted by Gasteiger charge is 2.06. The molecule has 0 spiro atoms. The summed E-state index contributed by atoms with van der Waals surface area (Å²) in [5.41, 5.74) is 1.79. The van der Waals surface area contributed by atoms with Gasteiger partial charge in [0.05, 0.1) is 13.3 Å². The van der Waals surface area contributed by atoms with E-state index in [9.17, 15) is 0 Å². The van der Waals surface area contributed by atoms with Crippen molar-refractivity contribution in [3.05, 3.63) is 28.9 Å². The molecule has 0 saturated carbocycles. The number of rotatable bonds is 2. The summed E-state index contributed by atoms with van der Waals surface area (Å²) in [5.74, 6) is 0.809. The van der Waals surface area contributed by atoms with Crippen LogP contribution in [0, 0.1) is 0 Å². The first-order valence-electron chi connectivity index (χ1n) is 4.01. The first-order valence-corrected chi connectivity index (χ1v) is 4.80. The molecule has 0 aliphatic carbocycles. The van der Waals surface area contributed by atoms with Crippen LogP contribution in [0.1, 0.15) is 0 Å². The maximum absolute atomic E-state index is 5.09. The Labute approximate surface area is 89.4 Å². The highest BCUT2D eigenvalue weighted by molar-refractivity contribution is 9.10. The summed E-state index contributed by atoms with van der Waals surface area (Å²) in [6.07, 6.45) is 1.67. The van der Waals surface area contributed by atoms with Gasteiger partial charge in [-0.15, -0.1) is 0 Å². The van der Waals surface area contributed by atoms with Crippen molar-refractivity contribution in [1.29, 1.82) is 0 Å². The monoisotopic (exact) mass is 253 g/mol. The Morgan fingerprint density at radius 3 is 2.86 bits per heavy atom. The summed E-state index contributed by atoms with van der Waals surface area (Å²) >= 11 is 3.45. The van der Waals surface area contributed by atoms with Gasteiger partial charge in [0.2, 0.25) is 0 Å². The van der Waals surface area contributed by atoms with Gasteiger partial charge >= 0.3 is 0 Å². The Balaban J connectivity index is 2.46. The Morgan fingerprint density at radius 1 is 1.43 bits per heavy atom. The SMILES string of the molecule is COc1ccc(-c2cn[nH]n2)c(Br)c1. The molecule has 0 atom stereocenters. The number of aromatic amines is 1. The van der Waals surface area contributed by atoms with E-state index in [0.29, 0.717) is 0 Å². The van der Waals surface area contributed by atoms with Crippen molar-refractivity contribution >= 4 is 15.9 Å². The molecule has 1 aromatic heterocycles. The maximum Gasteiger partial charge on any atom is 0.120 e. The molecule has 0 saturated heterocycles. The summed E-state index contributed by atoms with van der Waals surface area (Å²) in [6, 6.07) is 5.71. The molecule has 72 valence electrons. The topological polar surface area (TPSA) is 50.8 Å². The van der Waals surface area contributed by atoms with Crippen LogP contribution in [0.15, 0.2) is 28.9 Å². The van der Waals surface area contributed by atoms with Crippen molar-refractivity contribution in [3.63, 3.8) is 0 Å². The highest BCUT2D eigenvalue weighted by Crippen LogP contribution is 2.29.